The van der Waals surface area contributed by atoms with E-state index in [9.17, 15) is 4.79 Å². The summed E-state index contributed by atoms with van der Waals surface area (Å²) < 4.78 is 2.12. The Morgan fingerprint density at radius 1 is 1.25 bits per heavy atom. The number of aryl methyl sites for hydroxylation is 2. The highest BCUT2D eigenvalue weighted by atomic mass is 16.2. The van der Waals surface area contributed by atoms with Crippen molar-refractivity contribution < 1.29 is 4.79 Å². The molecule has 1 amide bonds. The molecule has 4 heteroatoms. The van der Waals surface area contributed by atoms with Crippen molar-refractivity contribution in [2.45, 2.75) is 43.9 Å². The third kappa shape index (κ3) is 2.54. The summed E-state index contributed by atoms with van der Waals surface area (Å²) >= 11 is 0. The van der Waals surface area contributed by atoms with Crippen LogP contribution in [0.4, 0.5) is 0 Å². The third-order valence-corrected chi connectivity index (χ3v) is 5.59. The summed E-state index contributed by atoms with van der Waals surface area (Å²) in [5.41, 5.74) is 1.99. The van der Waals surface area contributed by atoms with Crippen LogP contribution in [0.5, 0.6) is 0 Å². The van der Waals surface area contributed by atoms with Crippen molar-refractivity contribution in [3.05, 3.63) is 53.6 Å². The fourth-order valence-corrected chi connectivity index (χ4v) is 4.20. The van der Waals surface area contributed by atoms with Crippen LogP contribution in [0, 0.1) is 6.92 Å². The second kappa shape index (κ2) is 5.76. The van der Waals surface area contributed by atoms with Crippen LogP contribution in [0.1, 0.15) is 48.7 Å². The molecule has 2 aromatic rings. The fourth-order valence-electron chi connectivity index (χ4n) is 4.20. The van der Waals surface area contributed by atoms with Crippen LogP contribution in [0.2, 0.25) is 0 Å². The molecule has 0 radical (unpaired) electrons. The molecule has 24 heavy (non-hydrogen) atoms. The van der Waals surface area contributed by atoms with Gasteiger partial charge in [-0.25, -0.2) is 4.98 Å². The van der Waals surface area contributed by atoms with E-state index in [-0.39, 0.29) is 5.41 Å². The number of carbonyl (C=O) groups is 1. The number of imidazole rings is 1. The van der Waals surface area contributed by atoms with E-state index in [1.165, 1.54) is 5.56 Å². The van der Waals surface area contributed by atoms with Gasteiger partial charge in [0.1, 0.15) is 5.82 Å². The number of aromatic nitrogens is 2. The molecule has 126 valence electrons. The summed E-state index contributed by atoms with van der Waals surface area (Å²) in [6, 6.07) is 10.3. The molecular weight excluding hydrogens is 298 g/mol. The molecule has 4 rings (SSSR count). The lowest BCUT2D eigenvalue weighted by Crippen LogP contribution is -2.44. The van der Waals surface area contributed by atoms with Crippen LogP contribution in [0.25, 0.3) is 0 Å². The number of rotatable bonds is 3. The zero-order valence-electron chi connectivity index (χ0n) is 14.5. The normalized spacial score (nSPS) is 22.4. The zero-order valence-corrected chi connectivity index (χ0v) is 14.5. The molecule has 1 aromatic heterocycles. The standard InChI is InChI=1S/C20H25N3O/c1-15-13-22(2)18(21-15)16-7-6-12-23(14-16)19(24)20(10-11-20)17-8-4-3-5-9-17/h3-5,8-9,13,16H,6-7,10-12,14H2,1-2H3/t16-/m0/s1. The van der Waals surface area contributed by atoms with Gasteiger partial charge >= 0.3 is 0 Å². The van der Waals surface area contributed by atoms with E-state index in [0.717, 1.165) is 50.3 Å². The number of hydrogen-bond donors (Lipinski definition) is 0. The number of amides is 1. The molecule has 0 spiro atoms. The van der Waals surface area contributed by atoms with Crippen LogP contribution in [-0.2, 0) is 17.3 Å². The van der Waals surface area contributed by atoms with Crippen LogP contribution in [0.3, 0.4) is 0 Å². The van der Waals surface area contributed by atoms with Gasteiger partial charge in [0.05, 0.1) is 11.1 Å². The molecule has 2 aliphatic rings. The predicted octanol–water partition coefficient (Wildman–Crippen LogP) is 3.17. The van der Waals surface area contributed by atoms with E-state index in [1.807, 2.05) is 25.1 Å². The van der Waals surface area contributed by atoms with Crippen molar-refractivity contribution in [1.82, 2.24) is 14.5 Å². The molecule has 1 atom stereocenters. The van der Waals surface area contributed by atoms with Crippen molar-refractivity contribution in [3.63, 3.8) is 0 Å². The van der Waals surface area contributed by atoms with Gasteiger partial charge < -0.3 is 9.47 Å². The average Bonchev–Trinajstić information content (AvgIpc) is 3.35. The lowest BCUT2D eigenvalue weighted by molar-refractivity contribution is -0.135. The Morgan fingerprint density at radius 3 is 2.62 bits per heavy atom. The van der Waals surface area contributed by atoms with Crippen molar-refractivity contribution in [2.75, 3.05) is 13.1 Å². The second-order valence-corrected chi connectivity index (χ2v) is 7.39. The van der Waals surface area contributed by atoms with Gasteiger partial charge in [0, 0.05) is 32.3 Å². The highest BCUT2D eigenvalue weighted by molar-refractivity contribution is 5.91. The van der Waals surface area contributed by atoms with Crippen LogP contribution in [-0.4, -0.2) is 33.4 Å². The maximum absolute atomic E-state index is 13.2. The molecule has 0 bridgehead atoms. The van der Waals surface area contributed by atoms with E-state index in [2.05, 4.69) is 39.8 Å². The summed E-state index contributed by atoms with van der Waals surface area (Å²) in [6.07, 6.45) is 6.22. The van der Waals surface area contributed by atoms with Gasteiger partial charge in [-0.3, -0.25) is 4.79 Å². The fraction of sp³-hybridized carbons (Fsp3) is 0.500. The maximum atomic E-state index is 13.2. The molecule has 1 aliphatic heterocycles. The van der Waals surface area contributed by atoms with Crippen molar-refractivity contribution in [2.24, 2.45) is 7.05 Å². The predicted molar refractivity (Wildman–Crippen MR) is 93.9 cm³/mol. The van der Waals surface area contributed by atoms with E-state index in [0.29, 0.717) is 11.8 Å². The van der Waals surface area contributed by atoms with E-state index < -0.39 is 0 Å². The van der Waals surface area contributed by atoms with Gasteiger partial charge in [0.2, 0.25) is 5.91 Å². The van der Waals surface area contributed by atoms with Gasteiger partial charge in [-0.2, -0.15) is 0 Å². The number of benzene rings is 1. The van der Waals surface area contributed by atoms with E-state index >= 15 is 0 Å². The minimum absolute atomic E-state index is 0.249. The number of piperidine rings is 1. The first-order chi connectivity index (χ1) is 11.6. The van der Waals surface area contributed by atoms with Gasteiger partial charge in [0.25, 0.3) is 0 Å². The van der Waals surface area contributed by atoms with Crippen molar-refractivity contribution in [1.29, 1.82) is 0 Å². The quantitative estimate of drug-likeness (QED) is 0.870. The highest BCUT2D eigenvalue weighted by Crippen LogP contribution is 2.50. The molecule has 1 aromatic carbocycles. The molecule has 1 saturated carbocycles. The molecular formula is C20H25N3O. The lowest BCUT2D eigenvalue weighted by atomic mass is 9.91. The Morgan fingerprint density at radius 2 is 2.00 bits per heavy atom. The summed E-state index contributed by atoms with van der Waals surface area (Å²) in [7, 11) is 2.06. The van der Waals surface area contributed by atoms with Crippen molar-refractivity contribution in [3.8, 4) is 0 Å². The smallest absolute Gasteiger partial charge is 0.233 e. The summed E-state index contributed by atoms with van der Waals surface area (Å²) in [5.74, 6) is 1.80. The van der Waals surface area contributed by atoms with Crippen LogP contribution >= 0.6 is 0 Å². The Balaban J connectivity index is 1.54. The molecule has 1 saturated heterocycles. The maximum Gasteiger partial charge on any atom is 0.233 e. The largest absolute Gasteiger partial charge is 0.341 e. The first kappa shape index (κ1) is 15.4. The SMILES string of the molecule is Cc1cn(C)c([C@H]2CCCN(C(=O)C3(c4ccccc4)CC3)C2)n1. The number of likely N-dealkylation sites (tertiary alicyclic amines) is 1. The Hall–Kier alpha value is -2.10. The lowest BCUT2D eigenvalue weighted by Gasteiger charge is -2.35. The minimum Gasteiger partial charge on any atom is -0.341 e. The molecule has 0 N–H and O–H groups in total. The number of nitrogens with zero attached hydrogens (tertiary/aromatic N) is 3. The number of hydrogen-bond acceptors (Lipinski definition) is 2. The van der Waals surface area contributed by atoms with Gasteiger partial charge in [-0.15, -0.1) is 0 Å². The average molecular weight is 323 g/mol. The molecule has 4 nitrogen and oxygen atoms in total. The Labute approximate surface area is 143 Å². The van der Waals surface area contributed by atoms with E-state index in [4.69, 9.17) is 0 Å². The van der Waals surface area contributed by atoms with Gasteiger partial charge in [-0.05, 0) is 38.2 Å². The summed E-state index contributed by atoms with van der Waals surface area (Å²) in [6.45, 7) is 3.72. The monoisotopic (exact) mass is 323 g/mol. The van der Waals surface area contributed by atoms with Crippen molar-refractivity contribution >= 4 is 5.91 Å². The number of carbonyl (C=O) groups excluding carboxylic acids is 1. The van der Waals surface area contributed by atoms with Gasteiger partial charge in [0.15, 0.2) is 0 Å². The molecule has 2 fully saturated rings. The van der Waals surface area contributed by atoms with Gasteiger partial charge in [-0.1, -0.05) is 30.3 Å². The molecule has 2 heterocycles. The summed E-state index contributed by atoms with van der Waals surface area (Å²) in [4.78, 5) is 20.0. The van der Waals surface area contributed by atoms with Crippen LogP contribution < -0.4 is 0 Å². The third-order valence-electron chi connectivity index (χ3n) is 5.59. The topological polar surface area (TPSA) is 38.1 Å². The minimum atomic E-state index is -0.249. The summed E-state index contributed by atoms with van der Waals surface area (Å²) in [5, 5.41) is 0. The first-order valence-electron chi connectivity index (χ1n) is 8.95. The highest BCUT2D eigenvalue weighted by Gasteiger charge is 2.53. The Bertz CT molecular complexity index is 745. The molecule has 1 aliphatic carbocycles. The molecule has 0 unspecified atom stereocenters. The van der Waals surface area contributed by atoms with Crippen LogP contribution in [0.15, 0.2) is 36.5 Å². The van der Waals surface area contributed by atoms with E-state index in [1.54, 1.807) is 0 Å². The second-order valence-electron chi connectivity index (χ2n) is 7.39. The first-order valence-corrected chi connectivity index (χ1v) is 8.95. The zero-order chi connectivity index (χ0) is 16.7. The Kier molecular flexibility index (Phi) is 3.70.